The van der Waals surface area contributed by atoms with Crippen LogP contribution in [0.25, 0.3) is 0 Å². The van der Waals surface area contributed by atoms with Crippen LogP contribution in [-0.2, 0) is 4.74 Å². The monoisotopic (exact) mass is 215 g/mol. The van der Waals surface area contributed by atoms with Gasteiger partial charge in [0.1, 0.15) is 0 Å². The lowest BCUT2D eigenvalue weighted by atomic mass is 9.97. The summed E-state index contributed by atoms with van der Waals surface area (Å²) in [5.74, 6) is 0. The van der Waals surface area contributed by atoms with Gasteiger partial charge < -0.3 is 9.84 Å². The van der Waals surface area contributed by atoms with Gasteiger partial charge >= 0.3 is 0 Å². The molecule has 1 saturated carbocycles. The Hall–Kier alpha value is -0.120. The molecule has 0 aliphatic heterocycles. The lowest BCUT2D eigenvalue weighted by molar-refractivity contribution is -0.0110. The maximum Gasteiger partial charge on any atom is 0.0769 e. The maximum atomic E-state index is 10.3. The highest BCUT2D eigenvalue weighted by Crippen LogP contribution is 2.29. The summed E-state index contributed by atoms with van der Waals surface area (Å²) < 4.78 is 5.11. The van der Waals surface area contributed by atoms with Crippen molar-refractivity contribution in [2.45, 2.75) is 51.2 Å². The number of hydrogen-bond acceptors (Lipinski definition) is 3. The minimum Gasteiger partial charge on any atom is -0.389 e. The van der Waals surface area contributed by atoms with E-state index < -0.39 is 5.60 Å². The van der Waals surface area contributed by atoms with Gasteiger partial charge in [-0.1, -0.05) is 13.8 Å². The third-order valence-corrected chi connectivity index (χ3v) is 3.46. The summed E-state index contributed by atoms with van der Waals surface area (Å²) in [6.07, 6.45) is 4.24. The van der Waals surface area contributed by atoms with Crippen molar-refractivity contribution in [3.8, 4) is 0 Å². The molecule has 0 atom stereocenters. The first-order chi connectivity index (χ1) is 7.15. The van der Waals surface area contributed by atoms with E-state index in [0.717, 1.165) is 32.5 Å². The zero-order valence-electron chi connectivity index (χ0n) is 10.3. The van der Waals surface area contributed by atoms with Crippen LogP contribution in [0, 0.1) is 0 Å². The summed E-state index contributed by atoms with van der Waals surface area (Å²) in [6.45, 7) is 6.63. The van der Waals surface area contributed by atoms with E-state index in [0.29, 0.717) is 6.04 Å². The van der Waals surface area contributed by atoms with Gasteiger partial charge in [0.05, 0.1) is 12.2 Å². The highest BCUT2D eigenvalue weighted by molar-refractivity contribution is 4.89. The molecule has 1 aliphatic carbocycles. The second-order valence-corrected chi connectivity index (χ2v) is 4.63. The summed E-state index contributed by atoms with van der Waals surface area (Å²) in [5, 5.41) is 10.3. The van der Waals surface area contributed by atoms with Gasteiger partial charge in [-0.2, -0.15) is 0 Å². The number of hydrogen-bond donors (Lipinski definition) is 1. The van der Waals surface area contributed by atoms with Crippen molar-refractivity contribution in [2.24, 2.45) is 0 Å². The van der Waals surface area contributed by atoms with Crippen LogP contribution < -0.4 is 0 Å². The Balaban J connectivity index is 2.41. The fraction of sp³-hybridized carbons (Fsp3) is 1.00. The van der Waals surface area contributed by atoms with Crippen LogP contribution in [0.1, 0.15) is 39.5 Å². The standard InChI is InChI=1S/C12H25NO2/c1-4-12(14,5-2)10-13(8-9-15-3)11-6-7-11/h11,14H,4-10H2,1-3H3. The number of aliphatic hydroxyl groups is 1. The summed E-state index contributed by atoms with van der Waals surface area (Å²) >= 11 is 0. The Bertz CT molecular complexity index is 176. The van der Waals surface area contributed by atoms with Crippen LogP contribution >= 0.6 is 0 Å². The van der Waals surface area contributed by atoms with Crippen LogP contribution in [0.2, 0.25) is 0 Å². The van der Waals surface area contributed by atoms with E-state index >= 15 is 0 Å². The van der Waals surface area contributed by atoms with Crippen LogP contribution in [-0.4, -0.2) is 48.5 Å². The Morgan fingerprint density at radius 1 is 1.33 bits per heavy atom. The van der Waals surface area contributed by atoms with Crippen LogP contribution in [0.5, 0.6) is 0 Å². The molecule has 1 fully saturated rings. The average molecular weight is 215 g/mol. The molecule has 0 radical (unpaired) electrons. The molecular formula is C12H25NO2. The van der Waals surface area contributed by atoms with Gasteiger partial charge in [0.2, 0.25) is 0 Å². The topological polar surface area (TPSA) is 32.7 Å². The lowest BCUT2D eigenvalue weighted by Gasteiger charge is -2.33. The fourth-order valence-corrected chi connectivity index (χ4v) is 1.89. The highest BCUT2D eigenvalue weighted by atomic mass is 16.5. The first kappa shape index (κ1) is 12.9. The quantitative estimate of drug-likeness (QED) is 0.668. The Morgan fingerprint density at radius 2 is 1.93 bits per heavy atom. The summed E-state index contributed by atoms with van der Waals surface area (Å²) in [6, 6.07) is 0.699. The van der Waals surface area contributed by atoms with Gasteiger partial charge in [-0.15, -0.1) is 0 Å². The molecular weight excluding hydrogens is 190 g/mol. The minimum atomic E-state index is -0.504. The first-order valence-electron chi connectivity index (χ1n) is 6.10. The molecule has 0 aromatic rings. The molecule has 0 amide bonds. The molecule has 1 aliphatic rings. The predicted octanol–water partition coefficient (Wildman–Crippen LogP) is 1.65. The zero-order valence-corrected chi connectivity index (χ0v) is 10.3. The molecule has 1 rings (SSSR count). The van der Waals surface area contributed by atoms with E-state index in [2.05, 4.69) is 18.7 Å². The molecule has 3 nitrogen and oxygen atoms in total. The Labute approximate surface area is 93.4 Å². The number of methoxy groups -OCH3 is 1. The molecule has 0 aromatic carbocycles. The smallest absolute Gasteiger partial charge is 0.0769 e. The Kier molecular flexibility index (Phi) is 5.03. The van der Waals surface area contributed by atoms with Crippen molar-refractivity contribution in [1.29, 1.82) is 0 Å². The number of ether oxygens (including phenoxy) is 1. The molecule has 1 N–H and O–H groups in total. The fourth-order valence-electron chi connectivity index (χ4n) is 1.89. The molecule has 90 valence electrons. The van der Waals surface area contributed by atoms with E-state index in [1.54, 1.807) is 7.11 Å². The van der Waals surface area contributed by atoms with Crippen molar-refractivity contribution in [2.75, 3.05) is 26.8 Å². The summed E-state index contributed by atoms with van der Waals surface area (Å²) in [7, 11) is 1.73. The van der Waals surface area contributed by atoms with Crippen molar-refractivity contribution >= 4 is 0 Å². The lowest BCUT2D eigenvalue weighted by Crippen LogP contribution is -2.44. The SMILES string of the molecule is CCC(O)(CC)CN(CCOC)C1CC1. The van der Waals surface area contributed by atoms with E-state index in [-0.39, 0.29) is 0 Å². The van der Waals surface area contributed by atoms with Gasteiger partial charge in [-0.3, -0.25) is 4.90 Å². The van der Waals surface area contributed by atoms with E-state index in [9.17, 15) is 5.11 Å². The summed E-state index contributed by atoms with van der Waals surface area (Å²) in [5.41, 5.74) is -0.504. The molecule has 0 saturated heterocycles. The van der Waals surface area contributed by atoms with Crippen molar-refractivity contribution in [1.82, 2.24) is 4.90 Å². The Morgan fingerprint density at radius 3 is 2.33 bits per heavy atom. The van der Waals surface area contributed by atoms with Gasteiger partial charge in [0.25, 0.3) is 0 Å². The van der Waals surface area contributed by atoms with E-state index in [1.165, 1.54) is 12.8 Å². The number of rotatable bonds is 8. The van der Waals surface area contributed by atoms with Crippen LogP contribution in [0.4, 0.5) is 0 Å². The molecule has 3 heteroatoms. The first-order valence-corrected chi connectivity index (χ1v) is 6.10. The molecule has 0 aromatic heterocycles. The van der Waals surface area contributed by atoms with Crippen molar-refractivity contribution < 1.29 is 9.84 Å². The largest absolute Gasteiger partial charge is 0.389 e. The summed E-state index contributed by atoms with van der Waals surface area (Å²) in [4.78, 5) is 2.39. The van der Waals surface area contributed by atoms with Crippen LogP contribution in [0.15, 0.2) is 0 Å². The van der Waals surface area contributed by atoms with Gasteiger partial charge in [-0.25, -0.2) is 0 Å². The third-order valence-electron chi connectivity index (χ3n) is 3.46. The van der Waals surface area contributed by atoms with Gasteiger partial charge in [-0.05, 0) is 25.7 Å². The van der Waals surface area contributed by atoms with E-state index in [4.69, 9.17) is 4.74 Å². The molecule has 0 bridgehead atoms. The molecule has 0 heterocycles. The van der Waals surface area contributed by atoms with Gasteiger partial charge in [0.15, 0.2) is 0 Å². The van der Waals surface area contributed by atoms with E-state index in [1.807, 2.05) is 0 Å². The second-order valence-electron chi connectivity index (χ2n) is 4.63. The zero-order chi connectivity index (χ0) is 11.3. The van der Waals surface area contributed by atoms with Crippen LogP contribution in [0.3, 0.4) is 0 Å². The van der Waals surface area contributed by atoms with Gasteiger partial charge in [0, 0.05) is 26.2 Å². The van der Waals surface area contributed by atoms with Crippen molar-refractivity contribution in [3.05, 3.63) is 0 Å². The molecule has 0 unspecified atom stereocenters. The highest BCUT2D eigenvalue weighted by Gasteiger charge is 2.34. The van der Waals surface area contributed by atoms with Crippen molar-refractivity contribution in [3.63, 3.8) is 0 Å². The normalized spacial score (nSPS) is 17.4. The second kappa shape index (κ2) is 5.83. The average Bonchev–Trinajstić information content (AvgIpc) is 3.07. The molecule has 0 spiro atoms. The third kappa shape index (κ3) is 4.09. The number of nitrogens with zero attached hydrogens (tertiary/aromatic N) is 1. The predicted molar refractivity (Wildman–Crippen MR) is 62.0 cm³/mol. The molecule has 15 heavy (non-hydrogen) atoms. The maximum absolute atomic E-state index is 10.3. The minimum absolute atomic E-state index is 0.504.